The molecule has 1 amide bonds. The third-order valence-corrected chi connectivity index (χ3v) is 1.67. The number of primary amides is 1. The van der Waals surface area contributed by atoms with Gasteiger partial charge in [-0.05, 0) is 20.8 Å². The minimum absolute atomic E-state index is 0.340. The van der Waals surface area contributed by atoms with Crippen molar-refractivity contribution in [2.24, 2.45) is 5.73 Å². The van der Waals surface area contributed by atoms with E-state index in [4.69, 9.17) is 10.5 Å². The van der Waals surface area contributed by atoms with Gasteiger partial charge in [-0.1, -0.05) is 0 Å². The maximum absolute atomic E-state index is 11.6. The van der Waals surface area contributed by atoms with Crippen LogP contribution in [0.3, 0.4) is 0 Å². The zero-order valence-electron chi connectivity index (χ0n) is 9.65. The lowest BCUT2D eigenvalue weighted by Crippen LogP contribution is -2.46. The molecule has 0 fully saturated rings. The Labute approximate surface area is 93.8 Å². The number of aldehydes is 1. The van der Waals surface area contributed by atoms with Crippen molar-refractivity contribution in [1.29, 1.82) is 0 Å². The fourth-order valence-electron chi connectivity index (χ4n) is 1.03. The van der Waals surface area contributed by atoms with Crippen LogP contribution in [-0.4, -0.2) is 34.5 Å². The van der Waals surface area contributed by atoms with Crippen LogP contribution in [0.25, 0.3) is 0 Å². The van der Waals surface area contributed by atoms with E-state index in [1.54, 1.807) is 20.8 Å². The molecule has 0 spiro atoms. The van der Waals surface area contributed by atoms with E-state index in [0.717, 1.165) is 0 Å². The molecule has 6 nitrogen and oxygen atoms in total. The molecule has 16 heavy (non-hydrogen) atoms. The monoisotopic (exact) mass is 231 g/mol. The average molecular weight is 231 g/mol. The lowest BCUT2D eigenvalue weighted by atomic mass is 9.95. The van der Waals surface area contributed by atoms with Gasteiger partial charge in [0.2, 0.25) is 5.91 Å². The smallest absolute Gasteiger partial charge is 0.339 e. The van der Waals surface area contributed by atoms with E-state index in [1.165, 1.54) is 0 Å². The molecule has 0 aromatic heterocycles. The van der Waals surface area contributed by atoms with Crippen molar-refractivity contribution < 1.29 is 24.2 Å². The van der Waals surface area contributed by atoms with Gasteiger partial charge in [0.25, 0.3) is 0 Å². The largest absolute Gasteiger partial charge is 0.458 e. The molecule has 0 saturated heterocycles. The second kappa shape index (κ2) is 5.07. The van der Waals surface area contributed by atoms with E-state index < -0.39 is 35.9 Å². The number of carbonyl (C=O) groups excluding carboxylic acids is 3. The Morgan fingerprint density at radius 3 is 2.19 bits per heavy atom. The van der Waals surface area contributed by atoms with Crippen LogP contribution in [0.1, 0.15) is 33.6 Å². The van der Waals surface area contributed by atoms with Crippen molar-refractivity contribution in [2.75, 3.05) is 0 Å². The van der Waals surface area contributed by atoms with Crippen molar-refractivity contribution in [1.82, 2.24) is 0 Å². The summed E-state index contributed by atoms with van der Waals surface area (Å²) in [5.74, 6) is -1.90. The average Bonchev–Trinajstić information content (AvgIpc) is 1.99. The van der Waals surface area contributed by atoms with E-state index >= 15 is 0 Å². The fourth-order valence-corrected chi connectivity index (χ4v) is 1.03. The molecule has 0 radical (unpaired) electrons. The summed E-state index contributed by atoms with van der Waals surface area (Å²) < 4.78 is 4.90. The van der Waals surface area contributed by atoms with Crippen molar-refractivity contribution in [2.45, 2.75) is 44.8 Å². The first kappa shape index (κ1) is 14.6. The first-order valence-electron chi connectivity index (χ1n) is 4.78. The van der Waals surface area contributed by atoms with Crippen LogP contribution in [0.5, 0.6) is 0 Å². The van der Waals surface area contributed by atoms with Gasteiger partial charge in [0.1, 0.15) is 11.9 Å². The summed E-state index contributed by atoms with van der Waals surface area (Å²) in [4.78, 5) is 32.6. The maximum atomic E-state index is 11.6. The lowest BCUT2D eigenvalue weighted by molar-refractivity contribution is -0.179. The van der Waals surface area contributed by atoms with Crippen molar-refractivity contribution in [3.8, 4) is 0 Å². The number of esters is 1. The lowest BCUT2D eigenvalue weighted by Gasteiger charge is -2.28. The molecule has 0 aromatic carbocycles. The predicted molar refractivity (Wildman–Crippen MR) is 55.3 cm³/mol. The summed E-state index contributed by atoms with van der Waals surface area (Å²) in [7, 11) is 0. The van der Waals surface area contributed by atoms with Crippen molar-refractivity contribution >= 4 is 18.2 Å². The van der Waals surface area contributed by atoms with E-state index in [1.807, 2.05) is 0 Å². The number of ether oxygens (including phenoxy) is 1. The number of hydrogen-bond acceptors (Lipinski definition) is 5. The van der Waals surface area contributed by atoms with Crippen LogP contribution < -0.4 is 5.73 Å². The van der Waals surface area contributed by atoms with Crippen LogP contribution in [-0.2, 0) is 19.1 Å². The quantitative estimate of drug-likeness (QED) is 0.491. The van der Waals surface area contributed by atoms with Crippen LogP contribution in [0.15, 0.2) is 0 Å². The molecule has 0 aliphatic rings. The molecule has 0 aliphatic heterocycles. The molecule has 0 aromatic rings. The summed E-state index contributed by atoms with van der Waals surface area (Å²) in [6.07, 6.45) is -0.821. The zero-order chi connectivity index (χ0) is 13.0. The normalized spacial score (nSPS) is 15.0. The highest BCUT2D eigenvalue weighted by Gasteiger charge is 2.40. The summed E-state index contributed by atoms with van der Waals surface area (Å²) >= 11 is 0. The number of aliphatic hydroxyl groups is 1. The van der Waals surface area contributed by atoms with E-state index in [9.17, 15) is 19.5 Å². The Morgan fingerprint density at radius 1 is 1.38 bits per heavy atom. The van der Waals surface area contributed by atoms with Crippen LogP contribution in [0, 0.1) is 0 Å². The maximum Gasteiger partial charge on any atom is 0.339 e. The molecule has 1 atom stereocenters. The van der Waals surface area contributed by atoms with Gasteiger partial charge in [-0.25, -0.2) is 4.79 Å². The Bertz CT molecular complexity index is 294. The van der Waals surface area contributed by atoms with Gasteiger partial charge in [-0.3, -0.25) is 4.79 Å². The summed E-state index contributed by atoms with van der Waals surface area (Å²) in [5, 5.41) is 9.81. The first-order valence-corrected chi connectivity index (χ1v) is 4.78. The zero-order valence-corrected chi connectivity index (χ0v) is 9.65. The van der Waals surface area contributed by atoms with E-state index in [-0.39, 0.29) is 0 Å². The minimum atomic E-state index is -2.17. The van der Waals surface area contributed by atoms with Crippen molar-refractivity contribution in [3.05, 3.63) is 0 Å². The second-order valence-electron chi connectivity index (χ2n) is 4.55. The molecule has 0 heterocycles. The molecule has 92 valence electrons. The van der Waals surface area contributed by atoms with Crippen LogP contribution in [0.2, 0.25) is 0 Å². The van der Waals surface area contributed by atoms with Gasteiger partial charge < -0.3 is 20.4 Å². The van der Waals surface area contributed by atoms with Crippen LogP contribution >= 0.6 is 0 Å². The van der Waals surface area contributed by atoms with Crippen LogP contribution in [0.4, 0.5) is 0 Å². The molecule has 1 unspecified atom stereocenters. The van der Waals surface area contributed by atoms with E-state index in [2.05, 4.69) is 0 Å². The van der Waals surface area contributed by atoms with Gasteiger partial charge >= 0.3 is 5.97 Å². The Balaban J connectivity index is 4.82. The topological polar surface area (TPSA) is 107 Å². The number of carbonyl (C=O) groups is 3. The highest BCUT2D eigenvalue weighted by atomic mass is 16.6. The van der Waals surface area contributed by atoms with Gasteiger partial charge in [-0.2, -0.15) is 0 Å². The van der Waals surface area contributed by atoms with Gasteiger partial charge in [0.05, 0.1) is 6.42 Å². The van der Waals surface area contributed by atoms with Crippen molar-refractivity contribution in [3.63, 3.8) is 0 Å². The fraction of sp³-hybridized carbons (Fsp3) is 0.700. The minimum Gasteiger partial charge on any atom is -0.458 e. The second-order valence-corrected chi connectivity index (χ2v) is 4.55. The molecular weight excluding hydrogens is 214 g/mol. The van der Waals surface area contributed by atoms with E-state index in [0.29, 0.717) is 6.29 Å². The first-order chi connectivity index (χ1) is 7.10. The molecular formula is C10H17NO5. The van der Waals surface area contributed by atoms with Gasteiger partial charge in [-0.15, -0.1) is 0 Å². The highest BCUT2D eigenvalue weighted by Crippen LogP contribution is 2.20. The Hall–Kier alpha value is -1.43. The number of nitrogens with two attached hydrogens (primary N) is 1. The summed E-state index contributed by atoms with van der Waals surface area (Å²) in [5.41, 5.74) is 1.91. The molecule has 0 saturated carbocycles. The molecule has 0 bridgehead atoms. The third kappa shape index (κ3) is 4.88. The third-order valence-electron chi connectivity index (χ3n) is 1.67. The molecule has 3 N–H and O–H groups in total. The summed E-state index contributed by atoms with van der Waals surface area (Å²) in [6.45, 7) is 4.82. The van der Waals surface area contributed by atoms with Gasteiger partial charge in [0, 0.05) is 6.42 Å². The predicted octanol–water partition coefficient (Wildman–Crippen LogP) is -0.476. The number of rotatable bonds is 5. The number of hydrogen-bond donors (Lipinski definition) is 2. The molecule has 0 rings (SSSR count). The molecule has 0 aliphatic carbocycles. The van der Waals surface area contributed by atoms with Gasteiger partial charge in [0.15, 0.2) is 5.60 Å². The Kier molecular flexibility index (Phi) is 4.61. The highest BCUT2D eigenvalue weighted by molar-refractivity contribution is 5.89. The number of amides is 1. The summed E-state index contributed by atoms with van der Waals surface area (Å²) in [6, 6.07) is 0. The molecule has 6 heteroatoms. The standard InChI is InChI=1S/C10H17NO5/c1-9(2,3)16-8(14)10(15,4-5-12)6-7(11)13/h5,15H,4,6H2,1-3H3,(H2,11,13). The SMILES string of the molecule is CC(C)(C)OC(=O)C(O)(CC=O)CC(N)=O. The Morgan fingerprint density at radius 2 is 1.88 bits per heavy atom.